The van der Waals surface area contributed by atoms with Crippen LogP contribution in [-0.4, -0.2) is 36.5 Å². The SMILES string of the molecule is CC(CN1CCCCC1)NC(=O)c1ccc(Cl)cc1Br. The van der Waals surface area contributed by atoms with Gasteiger partial charge in [-0.3, -0.25) is 4.79 Å². The number of carbonyl (C=O) groups excluding carboxylic acids is 1. The molecule has 1 fully saturated rings. The number of carbonyl (C=O) groups is 1. The zero-order valence-electron chi connectivity index (χ0n) is 11.7. The normalized spacial score (nSPS) is 17.8. The fourth-order valence-corrected chi connectivity index (χ4v) is 3.41. The molecule has 1 atom stereocenters. The van der Waals surface area contributed by atoms with E-state index in [1.54, 1.807) is 18.2 Å². The zero-order chi connectivity index (χ0) is 14.5. The molecule has 1 aliphatic heterocycles. The van der Waals surface area contributed by atoms with E-state index in [4.69, 9.17) is 11.6 Å². The highest BCUT2D eigenvalue weighted by Crippen LogP contribution is 2.21. The molecule has 1 heterocycles. The van der Waals surface area contributed by atoms with Crippen LogP contribution in [0.25, 0.3) is 0 Å². The van der Waals surface area contributed by atoms with Gasteiger partial charge in [-0.1, -0.05) is 18.0 Å². The molecule has 0 aliphatic carbocycles. The summed E-state index contributed by atoms with van der Waals surface area (Å²) >= 11 is 9.27. The number of rotatable bonds is 4. The van der Waals surface area contributed by atoms with Crippen molar-refractivity contribution in [3.63, 3.8) is 0 Å². The Labute approximate surface area is 133 Å². The van der Waals surface area contributed by atoms with Crippen molar-refractivity contribution in [2.75, 3.05) is 19.6 Å². The molecular formula is C15H20BrClN2O. The van der Waals surface area contributed by atoms with E-state index >= 15 is 0 Å². The lowest BCUT2D eigenvalue weighted by Gasteiger charge is -2.29. The smallest absolute Gasteiger partial charge is 0.252 e. The molecule has 1 unspecified atom stereocenters. The van der Waals surface area contributed by atoms with Crippen LogP contribution in [0, 0.1) is 0 Å². The van der Waals surface area contributed by atoms with Gasteiger partial charge in [0.15, 0.2) is 0 Å². The molecule has 1 aliphatic rings. The van der Waals surface area contributed by atoms with Gasteiger partial charge in [0.05, 0.1) is 5.56 Å². The Morgan fingerprint density at radius 1 is 1.40 bits per heavy atom. The Morgan fingerprint density at radius 2 is 2.10 bits per heavy atom. The van der Waals surface area contributed by atoms with Gasteiger partial charge in [-0.15, -0.1) is 0 Å². The van der Waals surface area contributed by atoms with Gasteiger partial charge >= 0.3 is 0 Å². The molecule has 110 valence electrons. The Balaban J connectivity index is 1.89. The third-order valence-electron chi connectivity index (χ3n) is 3.53. The van der Waals surface area contributed by atoms with Crippen molar-refractivity contribution < 1.29 is 4.79 Å². The quantitative estimate of drug-likeness (QED) is 0.889. The number of hydrogen-bond acceptors (Lipinski definition) is 2. The Kier molecular flexibility index (Phi) is 5.87. The van der Waals surface area contributed by atoms with Crippen LogP contribution in [0.5, 0.6) is 0 Å². The number of piperidine rings is 1. The van der Waals surface area contributed by atoms with Crippen LogP contribution in [0.2, 0.25) is 5.02 Å². The van der Waals surface area contributed by atoms with E-state index in [1.807, 2.05) is 0 Å². The first-order valence-corrected chi connectivity index (χ1v) is 8.21. The summed E-state index contributed by atoms with van der Waals surface area (Å²) < 4.78 is 0.729. The van der Waals surface area contributed by atoms with Crippen LogP contribution >= 0.6 is 27.5 Å². The number of amides is 1. The van der Waals surface area contributed by atoms with Gasteiger partial charge in [0, 0.05) is 22.1 Å². The van der Waals surface area contributed by atoms with Crippen molar-refractivity contribution in [2.45, 2.75) is 32.2 Å². The molecule has 20 heavy (non-hydrogen) atoms. The van der Waals surface area contributed by atoms with Crippen molar-refractivity contribution in [3.05, 3.63) is 33.3 Å². The molecule has 1 aromatic rings. The van der Waals surface area contributed by atoms with Crippen LogP contribution in [0.1, 0.15) is 36.5 Å². The highest BCUT2D eigenvalue weighted by Gasteiger charge is 2.17. The molecule has 1 saturated heterocycles. The Bertz CT molecular complexity index is 475. The number of nitrogens with one attached hydrogen (secondary N) is 1. The maximum Gasteiger partial charge on any atom is 0.252 e. The average molecular weight is 360 g/mol. The molecule has 0 aromatic heterocycles. The summed E-state index contributed by atoms with van der Waals surface area (Å²) in [5.41, 5.74) is 0.625. The molecule has 2 rings (SSSR count). The van der Waals surface area contributed by atoms with E-state index in [9.17, 15) is 4.79 Å². The fourth-order valence-electron chi connectivity index (χ4n) is 2.55. The van der Waals surface area contributed by atoms with Gasteiger partial charge in [0.1, 0.15) is 0 Å². The largest absolute Gasteiger partial charge is 0.348 e. The van der Waals surface area contributed by atoms with Gasteiger partial charge in [0.2, 0.25) is 0 Å². The van der Waals surface area contributed by atoms with E-state index < -0.39 is 0 Å². The summed E-state index contributed by atoms with van der Waals surface area (Å²) in [6.45, 7) is 5.25. The van der Waals surface area contributed by atoms with Crippen LogP contribution in [0.3, 0.4) is 0 Å². The first-order valence-electron chi connectivity index (χ1n) is 7.04. The predicted octanol–water partition coefficient (Wildman–Crippen LogP) is 3.71. The first-order chi connectivity index (χ1) is 9.56. The number of benzene rings is 1. The summed E-state index contributed by atoms with van der Waals surface area (Å²) in [7, 11) is 0. The van der Waals surface area contributed by atoms with Gasteiger partial charge in [-0.25, -0.2) is 0 Å². The van der Waals surface area contributed by atoms with Gasteiger partial charge < -0.3 is 10.2 Å². The van der Waals surface area contributed by atoms with E-state index in [2.05, 4.69) is 33.1 Å². The number of hydrogen-bond donors (Lipinski definition) is 1. The number of nitrogens with zero attached hydrogens (tertiary/aromatic N) is 1. The van der Waals surface area contributed by atoms with Crippen LogP contribution in [-0.2, 0) is 0 Å². The van der Waals surface area contributed by atoms with Crippen molar-refractivity contribution in [3.8, 4) is 0 Å². The molecule has 0 spiro atoms. The molecule has 0 radical (unpaired) electrons. The third-order valence-corrected chi connectivity index (χ3v) is 4.43. The first kappa shape index (κ1) is 15.8. The fraction of sp³-hybridized carbons (Fsp3) is 0.533. The van der Waals surface area contributed by atoms with Crippen LogP contribution < -0.4 is 5.32 Å². The second kappa shape index (κ2) is 7.43. The Morgan fingerprint density at radius 3 is 2.75 bits per heavy atom. The molecule has 0 saturated carbocycles. The summed E-state index contributed by atoms with van der Waals surface area (Å²) in [6.07, 6.45) is 3.86. The molecule has 1 amide bonds. The minimum Gasteiger partial charge on any atom is -0.348 e. The van der Waals surface area contributed by atoms with E-state index in [0.717, 1.165) is 24.1 Å². The van der Waals surface area contributed by atoms with Crippen LogP contribution in [0.4, 0.5) is 0 Å². The van der Waals surface area contributed by atoms with Crippen molar-refractivity contribution in [1.29, 1.82) is 0 Å². The standard InChI is InChI=1S/C15H20BrClN2O/c1-11(10-19-7-3-2-4-8-19)18-15(20)13-6-5-12(17)9-14(13)16/h5-6,9,11H,2-4,7-8,10H2,1H3,(H,18,20). The minimum absolute atomic E-state index is 0.0574. The van der Waals surface area contributed by atoms with Crippen molar-refractivity contribution >= 4 is 33.4 Å². The zero-order valence-corrected chi connectivity index (χ0v) is 14.0. The third kappa shape index (κ3) is 4.47. The lowest BCUT2D eigenvalue weighted by Crippen LogP contribution is -2.43. The van der Waals surface area contributed by atoms with Crippen molar-refractivity contribution in [2.24, 2.45) is 0 Å². The lowest BCUT2D eigenvalue weighted by molar-refractivity contribution is 0.0925. The second-order valence-corrected chi connectivity index (χ2v) is 6.65. The van der Waals surface area contributed by atoms with E-state index in [-0.39, 0.29) is 11.9 Å². The molecule has 1 aromatic carbocycles. The van der Waals surface area contributed by atoms with Gasteiger partial charge in [-0.05, 0) is 67.0 Å². The minimum atomic E-state index is -0.0574. The van der Waals surface area contributed by atoms with Crippen molar-refractivity contribution in [1.82, 2.24) is 10.2 Å². The lowest BCUT2D eigenvalue weighted by atomic mass is 10.1. The molecule has 0 bridgehead atoms. The maximum absolute atomic E-state index is 12.2. The number of halogens is 2. The van der Waals surface area contributed by atoms with Crippen LogP contribution in [0.15, 0.2) is 22.7 Å². The highest BCUT2D eigenvalue weighted by atomic mass is 79.9. The summed E-state index contributed by atoms with van der Waals surface area (Å²) in [5.74, 6) is -0.0574. The maximum atomic E-state index is 12.2. The summed E-state index contributed by atoms with van der Waals surface area (Å²) in [5, 5.41) is 3.67. The Hall–Kier alpha value is -0.580. The summed E-state index contributed by atoms with van der Waals surface area (Å²) in [6, 6.07) is 5.36. The molecular weight excluding hydrogens is 340 g/mol. The number of likely N-dealkylation sites (tertiary alicyclic amines) is 1. The highest BCUT2D eigenvalue weighted by molar-refractivity contribution is 9.10. The van der Waals surface area contributed by atoms with Gasteiger partial charge in [0.25, 0.3) is 5.91 Å². The summed E-state index contributed by atoms with van der Waals surface area (Å²) in [4.78, 5) is 14.6. The monoisotopic (exact) mass is 358 g/mol. The molecule has 5 heteroatoms. The topological polar surface area (TPSA) is 32.3 Å². The predicted molar refractivity (Wildman–Crippen MR) is 86.4 cm³/mol. The average Bonchev–Trinajstić information content (AvgIpc) is 2.39. The molecule has 3 nitrogen and oxygen atoms in total. The van der Waals surface area contributed by atoms with E-state index in [0.29, 0.717) is 10.6 Å². The van der Waals surface area contributed by atoms with Gasteiger partial charge in [-0.2, -0.15) is 0 Å². The molecule has 1 N–H and O–H groups in total. The van der Waals surface area contributed by atoms with E-state index in [1.165, 1.54) is 19.3 Å². The second-order valence-electron chi connectivity index (χ2n) is 5.36.